The molecule has 4 rings (SSSR count). The maximum Gasteiger partial charge on any atom is 0.272 e. The van der Waals surface area contributed by atoms with Gasteiger partial charge in [-0.3, -0.25) is 14.6 Å². The van der Waals surface area contributed by atoms with Crippen molar-refractivity contribution in [2.24, 2.45) is 0 Å². The average Bonchev–Trinajstić information content (AvgIpc) is 2.79. The Morgan fingerprint density at radius 1 is 0.750 bits per heavy atom. The van der Waals surface area contributed by atoms with Gasteiger partial charge in [-0.1, -0.05) is 18.2 Å². The van der Waals surface area contributed by atoms with Gasteiger partial charge in [-0.2, -0.15) is 0 Å². The van der Waals surface area contributed by atoms with Gasteiger partial charge >= 0.3 is 0 Å². The van der Waals surface area contributed by atoms with Gasteiger partial charge in [0.05, 0.1) is 0 Å². The molecular weight excluding hydrogens is 352 g/mol. The number of likely N-dealkylation sites (tertiary alicyclic amines) is 1. The molecule has 0 saturated carbocycles. The first-order valence-corrected chi connectivity index (χ1v) is 10.1. The molecule has 28 heavy (non-hydrogen) atoms. The second-order valence-electron chi connectivity index (χ2n) is 7.40. The summed E-state index contributed by atoms with van der Waals surface area (Å²) in [7, 11) is 0. The summed E-state index contributed by atoms with van der Waals surface area (Å²) in [4.78, 5) is 35.9. The highest BCUT2D eigenvalue weighted by atomic mass is 16.2. The molecule has 2 amide bonds. The highest BCUT2D eigenvalue weighted by molar-refractivity contribution is 5.98. The van der Waals surface area contributed by atoms with E-state index in [0.29, 0.717) is 24.3 Å². The third kappa shape index (κ3) is 4.01. The monoisotopic (exact) mass is 378 g/mol. The largest absolute Gasteiger partial charge is 0.368 e. The Hall–Kier alpha value is -2.89. The van der Waals surface area contributed by atoms with E-state index < -0.39 is 0 Å². The number of hydrogen-bond acceptors (Lipinski definition) is 4. The van der Waals surface area contributed by atoms with Crippen LogP contribution in [0.15, 0.2) is 48.7 Å². The standard InChI is InChI=1S/C22H26N4O2/c27-21(25-11-5-2-6-12-25)18-9-10-23-20(17-18)22(28)26-15-13-24(14-16-26)19-7-3-1-4-8-19/h1,3-4,7-10,17H,2,5-6,11-16H2. The van der Waals surface area contributed by atoms with E-state index in [4.69, 9.17) is 0 Å². The van der Waals surface area contributed by atoms with Crippen LogP contribution in [0.25, 0.3) is 0 Å². The second kappa shape index (κ2) is 8.42. The van der Waals surface area contributed by atoms with Crippen LogP contribution in [0.3, 0.4) is 0 Å². The number of para-hydroxylation sites is 1. The van der Waals surface area contributed by atoms with Crippen molar-refractivity contribution in [3.05, 3.63) is 59.9 Å². The number of benzene rings is 1. The van der Waals surface area contributed by atoms with E-state index in [-0.39, 0.29) is 11.8 Å². The predicted octanol–water partition coefficient (Wildman–Crippen LogP) is 2.67. The molecule has 0 radical (unpaired) electrons. The van der Waals surface area contributed by atoms with Gasteiger partial charge in [0.15, 0.2) is 0 Å². The maximum absolute atomic E-state index is 12.9. The highest BCUT2D eigenvalue weighted by Crippen LogP contribution is 2.18. The molecule has 2 aliphatic heterocycles. The average molecular weight is 378 g/mol. The first kappa shape index (κ1) is 18.5. The molecule has 146 valence electrons. The van der Waals surface area contributed by atoms with E-state index in [1.165, 1.54) is 12.1 Å². The molecule has 3 heterocycles. The van der Waals surface area contributed by atoms with Gasteiger partial charge in [0.2, 0.25) is 0 Å². The summed E-state index contributed by atoms with van der Waals surface area (Å²) >= 11 is 0. The number of carbonyl (C=O) groups is 2. The minimum atomic E-state index is -0.0963. The summed E-state index contributed by atoms with van der Waals surface area (Å²) < 4.78 is 0. The van der Waals surface area contributed by atoms with Crippen molar-refractivity contribution >= 4 is 17.5 Å². The van der Waals surface area contributed by atoms with Crippen LogP contribution in [-0.4, -0.2) is 65.9 Å². The van der Waals surface area contributed by atoms with E-state index in [1.807, 2.05) is 28.0 Å². The van der Waals surface area contributed by atoms with Crippen LogP contribution in [0.4, 0.5) is 5.69 Å². The van der Waals surface area contributed by atoms with E-state index in [2.05, 4.69) is 22.0 Å². The third-order valence-electron chi connectivity index (χ3n) is 5.56. The summed E-state index contributed by atoms with van der Waals surface area (Å²) in [6.07, 6.45) is 4.85. The summed E-state index contributed by atoms with van der Waals surface area (Å²) in [5, 5.41) is 0. The summed E-state index contributed by atoms with van der Waals surface area (Å²) in [6, 6.07) is 13.6. The van der Waals surface area contributed by atoms with Gasteiger partial charge in [-0.15, -0.1) is 0 Å². The van der Waals surface area contributed by atoms with Crippen molar-refractivity contribution < 1.29 is 9.59 Å². The molecule has 1 aromatic heterocycles. The predicted molar refractivity (Wildman–Crippen MR) is 109 cm³/mol. The number of pyridine rings is 1. The van der Waals surface area contributed by atoms with Crippen molar-refractivity contribution in [1.29, 1.82) is 0 Å². The molecule has 0 unspecified atom stereocenters. The number of piperazine rings is 1. The van der Waals surface area contributed by atoms with Crippen LogP contribution >= 0.6 is 0 Å². The van der Waals surface area contributed by atoms with Gasteiger partial charge < -0.3 is 14.7 Å². The van der Waals surface area contributed by atoms with E-state index in [1.54, 1.807) is 18.3 Å². The fraction of sp³-hybridized carbons (Fsp3) is 0.409. The molecule has 6 nitrogen and oxygen atoms in total. The maximum atomic E-state index is 12.9. The highest BCUT2D eigenvalue weighted by Gasteiger charge is 2.25. The lowest BCUT2D eigenvalue weighted by atomic mass is 10.1. The number of aromatic nitrogens is 1. The zero-order valence-electron chi connectivity index (χ0n) is 16.1. The first-order valence-electron chi connectivity index (χ1n) is 10.1. The Morgan fingerprint density at radius 2 is 1.43 bits per heavy atom. The number of nitrogens with zero attached hydrogens (tertiary/aromatic N) is 4. The number of hydrogen-bond donors (Lipinski definition) is 0. The SMILES string of the molecule is O=C(c1ccnc(C(=O)N2CCN(c3ccccc3)CC2)c1)N1CCCCC1. The lowest BCUT2D eigenvalue weighted by Gasteiger charge is -2.36. The van der Waals surface area contributed by atoms with Gasteiger partial charge in [-0.25, -0.2) is 0 Å². The fourth-order valence-corrected chi connectivity index (χ4v) is 3.93. The zero-order chi connectivity index (χ0) is 19.3. The summed E-state index contributed by atoms with van der Waals surface area (Å²) in [5.74, 6) is -0.0916. The number of amides is 2. The topological polar surface area (TPSA) is 56.8 Å². The molecule has 6 heteroatoms. The Kier molecular flexibility index (Phi) is 5.55. The van der Waals surface area contributed by atoms with Gasteiger partial charge in [-0.05, 0) is 43.5 Å². The van der Waals surface area contributed by atoms with Crippen LogP contribution in [0.2, 0.25) is 0 Å². The number of anilines is 1. The molecule has 0 N–H and O–H groups in total. The number of piperidine rings is 1. The smallest absolute Gasteiger partial charge is 0.272 e. The van der Waals surface area contributed by atoms with Gasteiger partial charge in [0, 0.05) is 56.7 Å². The van der Waals surface area contributed by atoms with Crippen LogP contribution in [0.5, 0.6) is 0 Å². The van der Waals surface area contributed by atoms with Gasteiger partial charge in [0.25, 0.3) is 11.8 Å². The third-order valence-corrected chi connectivity index (χ3v) is 5.56. The molecule has 0 aliphatic carbocycles. The number of carbonyl (C=O) groups excluding carboxylic acids is 2. The number of rotatable bonds is 3. The van der Waals surface area contributed by atoms with Crippen molar-refractivity contribution in [1.82, 2.24) is 14.8 Å². The summed E-state index contributed by atoms with van der Waals surface area (Å²) in [6.45, 7) is 4.49. The zero-order valence-corrected chi connectivity index (χ0v) is 16.1. The van der Waals surface area contributed by atoms with E-state index in [0.717, 1.165) is 39.0 Å². The minimum Gasteiger partial charge on any atom is -0.368 e. The Bertz CT molecular complexity index is 825. The van der Waals surface area contributed by atoms with Crippen LogP contribution in [0, 0.1) is 0 Å². The lowest BCUT2D eigenvalue weighted by Crippen LogP contribution is -2.49. The molecule has 2 aromatic rings. The van der Waals surface area contributed by atoms with E-state index >= 15 is 0 Å². The molecule has 2 aliphatic rings. The van der Waals surface area contributed by atoms with Crippen molar-refractivity contribution in [3.8, 4) is 0 Å². The molecule has 1 aromatic carbocycles. The molecule has 0 spiro atoms. The molecule has 0 bridgehead atoms. The fourth-order valence-electron chi connectivity index (χ4n) is 3.93. The second-order valence-corrected chi connectivity index (χ2v) is 7.40. The minimum absolute atomic E-state index is 0.00467. The van der Waals surface area contributed by atoms with Crippen molar-refractivity contribution in [2.45, 2.75) is 19.3 Å². The van der Waals surface area contributed by atoms with Crippen LogP contribution in [0.1, 0.15) is 40.1 Å². The first-order chi connectivity index (χ1) is 13.7. The Labute approximate surface area is 165 Å². The quantitative estimate of drug-likeness (QED) is 0.824. The van der Waals surface area contributed by atoms with Gasteiger partial charge in [0.1, 0.15) is 5.69 Å². The summed E-state index contributed by atoms with van der Waals surface area (Å²) in [5.41, 5.74) is 2.10. The van der Waals surface area contributed by atoms with Crippen LogP contribution in [-0.2, 0) is 0 Å². The molecule has 0 atom stereocenters. The Morgan fingerprint density at radius 3 is 2.14 bits per heavy atom. The van der Waals surface area contributed by atoms with Crippen molar-refractivity contribution in [3.63, 3.8) is 0 Å². The lowest BCUT2D eigenvalue weighted by molar-refractivity contribution is 0.0724. The molecule has 2 fully saturated rings. The van der Waals surface area contributed by atoms with Crippen LogP contribution < -0.4 is 4.90 Å². The molecule has 2 saturated heterocycles. The Balaban J connectivity index is 1.40. The van der Waals surface area contributed by atoms with Crippen molar-refractivity contribution in [2.75, 3.05) is 44.2 Å². The van der Waals surface area contributed by atoms with E-state index in [9.17, 15) is 9.59 Å². The normalized spacial score (nSPS) is 17.5. The molecular formula is C22H26N4O2.